The molecule has 2 amide bonds. The summed E-state index contributed by atoms with van der Waals surface area (Å²) in [6, 6.07) is 0. The number of hydrogen-bond donors (Lipinski definition) is 0. The fraction of sp³-hybridized carbons (Fsp3) is 0.938. The summed E-state index contributed by atoms with van der Waals surface area (Å²) >= 11 is 0. The molecular weight excluding hydrogens is 460 g/mol. The minimum absolute atomic E-state index is 0.0231. The molecule has 1 aliphatic heterocycles. The second-order valence-corrected chi connectivity index (χ2v) is 11.4. The lowest BCUT2D eigenvalue weighted by Gasteiger charge is -2.30. The Hall–Kier alpha value is -1.10. The van der Waals surface area contributed by atoms with E-state index >= 15 is 0 Å². The Morgan fingerprint density at radius 1 is 0.730 bits per heavy atom. The summed E-state index contributed by atoms with van der Waals surface area (Å²) < 4.78 is 5.83. The monoisotopic (exact) mass is 522 g/mol. The van der Waals surface area contributed by atoms with Gasteiger partial charge in [-0.1, -0.05) is 129 Å². The number of piperidine rings is 1. The largest absolute Gasteiger partial charge is 0.359 e. The molecule has 0 saturated carbocycles. The smallest absolute Gasteiger partial charge is 0.251 e. The molecular formula is C32H62N2O3. The van der Waals surface area contributed by atoms with Gasteiger partial charge in [-0.05, 0) is 25.7 Å². The lowest BCUT2D eigenvalue weighted by Crippen LogP contribution is -2.45. The number of amides is 2. The molecule has 1 atom stereocenters. The minimum Gasteiger partial charge on any atom is -0.359 e. The number of unbranched alkanes of at least 4 members (excludes halogenated alkanes) is 18. The number of nitrogens with zero attached hydrogens (tertiary/aromatic N) is 2. The van der Waals surface area contributed by atoms with Gasteiger partial charge in [-0.25, -0.2) is 0 Å². The van der Waals surface area contributed by atoms with Crippen molar-refractivity contribution in [1.82, 2.24) is 9.80 Å². The molecule has 0 aliphatic carbocycles. The second kappa shape index (κ2) is 24.0. The number of ether oxygens (including phenoxy) is 1. The van der Waals surface area contributed by atoms with Crippen LogP contribution in [0, 0.1) is 0 Å². The van der Waals surface area contributed by atoms with Crippen molar-refractivity contribution in [3.8, 4) is 0 Å². The van der Waals surface area contributed by atoms with Gasteiger partial charge in [-0.15, -0.1) is 0 Å². The van der Waals surface area contributed by atoms with Crippen molar-refractivity contribution in [3.05, 3.63) is 0 Å². The summed E-state index contributed by atoms with van der Waals surface area (Å²) in [5.74, 6) is 0.0860. The van der Waals surface area contributed by atoms with Gasteiger partial charge >= 0.3 is 0 Å². The number of likely N-dealkylation sites (N-methyl/N-ethyl adjacent to an activating group) is 1. The van der Waals surface area contributed by atoms with Crippen LogP contribution in [-0.2, 0) is 14.3 Å². The van der Waals surface area contributed by atoms with Crippen molar-refractivity contribution in [3.63, 3.8) is 0 Å². The van der Waals surface area contributed by atoms with Crippen LogP contribution in [0.15, 0.2) is 0 Å². The summed E-state index contributed by atoms with van der Waals surface area (Å²) in [6.07, 6.45) is 27.3. The first kappa shape index (κ1) is 33.9. The van der Waals surface area contributed by atoms with E-state index in [4.69, 9.17) is 4.74 Å². The quantitative estimate of drug-likeness (QED) is 0.113. The molecule has 0 aromatic carbocycles. The van der Waals surface area contributed by atoms with Crippen LogP contribution in [-0.4, -0.2) is 61.0 Å². The highest BCUT2D eigenvalue weighted by molar-refractivity contribution is 5.82. The number of carbonyl (C=O) groups excluding carboxylic acids is 2. The molecule has 0 aromatic rings. The SMILES string of the molecule is CCCCCCCCCCCCN(CCCCCCCCCCCC)C(=O)COC1CCCN(C)C1=O. The van der Waals surface area contributed by atoms with Crippen LogP contribution < -0.4 is 0 Å². The Bertz CT molecular complexity index is 530. The van der Waals surface area contributed by atoms with E-state index in [0.717, 1.165) is 45.3 Å². The number of rotatable bonds is 25. The maximum atomic E-state index is 13.0. The zero-order valence-corrected chi connectivity index (χ0v) is 25.1. The predicted molar refractivity (Wildman–Crippen MR) is 157 cm³/mol. The predicted octanol–water partition coefficient (Wildman–Crippen LogP) is 8.29. The minimum atomic E-state index is -0.445. The lowest BCUT2D eigenvalue weighted by molar-refractivity contribution is -0.151. The van der Waals surface area contributed by atoms with Crippen LogP contribution in [0.25, 0.3) is 0 Å². The topological polar surface area (TPSA) is 49.9 Å². The Balaban J connectivity index is 2.29. The van der Waals surface area contributed by atoms with Gasteiger partial charge in [-0.2, -0.15) is 0 Å². The van der Waals surface area contributed by atoms with E-state index in [1.54, 1.807) is 4.90 Å². The van der Waals surface area contributed by atoms with Gasteiger partial charge in [0.1, 0.15) is 12.7 Å². The third-order valence-corrected chi connectivity index (χ3v) is 7.94. The molecule has 0 spiro atoms. The average molecular weight is 523 g/mol. The maximum Gasteiger partial charge on any atom is 0.251 e. The van der Waals surface area contributed by atoms with E-state index in [-0.39, 0.29) is 18.4 Å². The number of hydrogen-bond acceptors (Lipinski definition) is 3. The first-order valence-electron chi connectivity index (χ1n) is 16.2. The Morgan fingerprint density at radius 2 is 1.14 bits per heavy atom. The van der Waals surface area contributed by atoms with E-state index in [1.165, 1.54) is 116 Å². The van der Waals surface area contributed by atoms with Crippen molar-refractivity contribution in [2.45, 2.75) is 161 Å². The summed E-state index contributed by atoms with van der Waals surface area (Å²) in [7, 11) is 1.82. The van der Waals surface area contributed by atoms with Crippen molar-refractivity contribution in [2.75, 3.05) is 33.3 Å². The first-order chi connectivity index (χ1) is 18.1. The van der Waals surface area contributed by atoms with Gasteiger partial charge in [-0.3, -0.25) is 9.59 Å². The normalized spacial score (nSPS) is 15.9. The molecule has 1 heterocycles. The molecule has 0 radical (unpaired) electrons. The van der Waals surface area contributed by atoms with Gasteiger partial charge in [0.2, 0.25) is 5.91 Å². The number of likely N-dealkylation sites (tertiary alicyclic amines) is 1. The molecule has 5 nitrogen and oxygen atoms in total. The van der Waals surface area contributed by atoms with Crippen molar-refractivity contribution in [1.29, 1.82) is 0 Å². The van der Waals surface area contributed by atoms with Crippen molar-refractivity contribution >= 4 is 11.8 Å². The third-order valence-electron chi connectivity index (χ3n) is 7.94. The van der Waals surface area contributed by atoms with Crippen LogP contribution in [0.5, 0.6) is 0 Å². The highest BCUT2D eigenvalue weighted by Gasteiger charge is 2.28. The second-order valence-electron chi connectivity index (χ2n) is 11.4. The fourth-order valence-corrected chi connectivity index (χ4v) is 5.35. The molecule has 1 saturated heterocycles. The molecule has 218 valence electrons. The van der Waals surface area contributed by atoms with E-state index in [2.05, 4.69) is 13.8 Å². The molecule has 37 heavy (non-hydrogen) atoms. The molecule has 0 bridgehead atoms. The zero-order chi connectivity index (χ0) is 27.0. The van der Waals surface area contributed by atoms with E-state index < -0.39 is 6.10 Å². The van der Waals surface area contributed by atoms with E-state index in [0.29, 0.717) is 0 Å². The van der Waals surface area contributed by atoms with Gasteiger partial charge < -0.3 is 14.5 Å². The summed E-state index contributed by atoms with van der Waals surface area (Å²) in [4.78, 5) is 29.1. The zero-order valence-electron chi connectivity index (χ0n) is 25.1. The number of carbonyl (C=O) groups is 2. The molecule has 0 aromatic heterocycles. The fourth-order valence-electron chi connectivity index (χ4n) is 5.35. The van der Waals surface area contributed by atoms with Crippen LogP contribution in [0.2, 0.25) is 0 Å². The van der Waals surface area contributed by atoms with Crippen LogP contribution in [0.1, 0.15) is 155 Å². The summed E-state index contributed by atoms with van der Waals surface area (Å²) in [5.41, 5.74) is 0. The summed E-state index contributed by atoms with van der Waals surface area (Å²) in [5, 5.41) is 0. The molecule has 1 unspecified atom stereocenters. The Labute approximate surface area is 230 Å². The Morgan fingerprint density at radius 3 is 1.57 bits per heavy atom. The lowest BCUT2D eigenvalue weighted by atomic mass is 10.1. The maximum absolute atomic E-state index is 13.0. The average Bonchev–Trinajstić information content (AvgIpc) is 2.90. The van der Waals surface area contributed by atoms with Crippen LogP contribution in [0.3, 0.4) is 0 Å². The van der Waals surface area contributed by atoms with Gasteiger partial charge in [0.25, 0.3) is 5.91 Å². The molecule has 1 fully saturated rings. The first-order valence-corrected chi connectivity index (χ1v) is 16.2. The standard InChI is InChI=1S/C32H62N2O3/c1-4-6-8-10-12-14-16-18-20-22-27-34(28-23-21-19-17-15-13-11-9-7-5-2)31(35)29-37-30-25-24-26-33(3)32(30)36/h30H,4-29H2,1-3H3. The van der Waals surface area contributed by atoms with Crippen LogP contribution in [0.4, 0.5) is 0 Å². The molecule has 0 N–H and O–H groups in total. The van der Waals surface area contributed by atoms with Crippen molar-refractivity contribution in [2.24, 2.45) is 0 Å². The molecule has 1 rings (SSSR count). The highest BCUT2D eigenvalue weighted by Crippen LogP contribution is 2.15. The van der Waals surface area contributed by atoms with Crippen molar-refractivity contribution < 1.29 is 14.3 Å². The summed E-state index contributed by atoms with van der Waals surface area (Å²) in [6.45, 7) is 7.02. The molecule has 5 heteroatoms. The highest BCUT2D eigenvalue weighted by atomic mass is 16.5. The molecule has 1 aliphatic rings. The third kappa shape index (κ3) is 17.9. The van der Waals surface area contributed by atoms with Crippen LogP contribution >= 0.6 is 0 Å². The van der Waals surface area contributed by atoms with E-state index in [9.17, 15) is 9.59 Å². The van der Waals surface area contributed by atoms with Gasteiger partial charge in [0, 0.05) is 26.7 Å². The van der Waals surface area contributed by atoms with E-state index in [1.807, 2.05) is 11.9 Å². The van der Waals surface area contributed by atoms with Gasteiger partial charge in [0.05, 0.1) is 0 Å². The van der Waals surface area contributed by atoms with Gasteiger partial charge in [0.15, 0.2) is 0 Å². The Kier molecular flexibility index (Phi) is 22.0.